The fourth-order valence-electron chi connectivity index (χ4n) is 2.08. The molecule has 1 aliphatic rings. The SMILES string of the molecule is CO[Si](CCC1CCCCN1)(OC)OC. The fourth-order valence-corrected chi connectivity index (χ4v) is 3.89. The van der Waals surface area contributed by atoms with Crippen molar-refractivity contribution in [1.82, 2.24) is 5.32 Å². The van der Waals surface area contributed by atoms with E-state index in [0.29, 0.717) is 6.04 Å². The maximum absolute atomic E-state index is 5.39. The highest BCUT2D eigenvalue weighted by molar-refractivity contribution is 6.60. The summed E-state index contributed by atoms with van der Waals surface area (Å²) >= 11 is 0. The summed E-state index contributed by atoms with van der Waals surface area (Å²) in [5, 5.41) is 3.52. The van der Waals surface area contributed by atoms with Crippen LogP contribution in [0.15, 0.2) is 0 Å². The second kappa shape index (κ2) is 6.60. The second-order valence-corrected chi connectivity index (χ2v) is 7.07. The van der Waals surface area contributed by atoms with Gasteiger partial charge in [0, 0.05) is 33.4 Å². The Labute approximate surface area is 93.7 Å². The highest BCUT2D eigenvalue weighted by atomic mass is 28.4. The lowest BCUT2D eigenvalue weighted by Gasteiger charge is -2.28. The zero-order valence-corrected chi connectivity index (χ0v) is 11.0. The summed E-state index contributed by atoms with van der Waals surface area (Å²) in [6.07, 6.45) is 4.99. The van der Waals surface area contributed by atoms with Gasteiger partial charge in [0.1, 0.15) is 0 Å². The van der Waals surface area contributed by atoms with Crippen LogP contribution in [0.4, 0.5) is 0 Å². The molecular weight excluding hydrogens is 210 g/mol. The number of hydrogen-bond acceptors (Lipinski definition) is 4. The topological polar surface area (TPSA) is 39.7 Å². The van der Waals surface area contributed by atoms with E-state index in [1.807, 2.05) is 0 Å². The number of rotatable bonds is 6. The maximum atomic E-state index is 5.39. The van der Waals surface area contributed by atoms with Crippen molar-refractivity contribution < 1.29 is 13.3 Å². The standard InChI is InChI=1S/C10H23NO3Si/c1-12-15(13-2,14-3)9-7-10-6-4-5-8-11-10/h10-11H,4-9H2,1-3H3. The number of nitrogens with one attached hydrogen (secondary N) is 1. The average molecular weight is 233 g/mol. The van der Waals surface area contributed by atoms with Gasteiger partial charge in [-0.2, -0.15) is 0 Å². The Morgan fingerprint density at radius 3 is 2.27 bits per heavy atom. The molecule has 0 aromatic heterocycles. The normalized spacial score (nSPS) is 23.0. The van der Waals surface area contributed by atoms with Crippen molar-refractivity contribution in [3.8, 4) is 0 Å². The lowest BCUT2D eigenvalue weighted by Crippen LogP contribution is -2.45. The third kappa shape index (κ3) is 3.84. The van der Waals surface area contributed by atoms with Crippen molar-refractivity contribution in [2.75, 3.05) is 27.9 Å². The Morgan fingerprint density at radius 1 is 1.13 bits per heavy atom. The van der Waals surface area contributed by atoms with Crippen LogP contribution in [-0.2, 0) is 13.3 Å². The third-order valence-corrected chi connectivity index (χ3v) is 5.91. The van der Waals surface area contributed by atoms with Gasteiger partial charge in [-0.1, -0.05) is 6.42 Å². The zero-order valence-electron chi connectivity index (χ0n) is 10.0. The van der Waals surface area contributed by atoms with E-state index in [2.05, 4.69) is 5.32 Å². The Hall–Kier alpha value is 0.0569. The average Bonchev–Trinajstić information content (AvgIpc) is 2.33. The van der Waals surface area contributed by atoms with E-state index >= 15 is 0 Å². The van der Waals surface area contributed by atoms with Crippen LogP contribution < -0.4 is 5.32 Å². The van der Waals surface area contributed by atoms with Crippen molar-refractivity contribution in [2.24, 2.45) is 0 Å². The molecule has 1 unspecified atom stereocenters. The lowest BCUT2D eigenvalue weighted by atomic mass is 10.0. The van der Waals surface area contributed by atoms with Gasteiger partial charge in [0.15, 0.2) is 0 Å². The van der Waals surface area contributed by atoms with Gasteiger partial charge in [0.05, 0.1) is 0 Å². The summed E-state index contributed by atoms with van der Waals surface area (Å²) in [6.45, 7) is 1.15. The minimum Gasteiger partial charge on any atom is -0.377 e. The number of piperidine rings is 1. The second-order valence-electron chi connectivity index (χ2n) is 3.98. The van der Waals surface area contributed by atoms with Crippen LogP contribution >= 0.6 is 0 Å². The molecule has 1 N–H and O–H groups in total. The first kappa shape index (κ1) is 13.1. The van der Waals surface area contributed by atoms with E-state index in [1.165, 1.54) is 19.3 Å². The van der Waals surface area contributed by atoms with Crippen LogP contribution in [0.2, 0.25) is 6.04 Å². The van der Waals surface area contributed by atoms with Crippen LogP contribution in [0.3, 0.4) is 0 Å². The van der Waals surface area contributed by atoms with Crippen LogP contribution in [-0.4, -0.2) is 42.7 Å². The van der Waals surface area contributed by atoms with Gasteiger partial charge in [-0.05, 0) is 25.8 Å². The molecule has 4 nitrogen and oxygen atoms in total. The van der Waals surface area contributed by atoms with E-state index in [9.17, 15) is 0 Å². The van der Waals surface area contributed by atoms with Crippen molar-refractivity contribution in [1.29, 1.82) is 0 Å². The molecule has 0 aromatic rings. The first-order chi connectivity index (χ1) is 7.26. The highest BCUT2D eigenvalue weighted by Crippen LogP contribution is 2.19. The molecule has 0 aromatic carbocycles. The van der Waals surface area contributed by atoms with E-state index in [0.717, 1.165) is 19.0 Å². The van der Waals surface area contributed by atoms with Gasteiger partial charge >= 0.3 is 8.80 Å². The Balaban J connectivity index is 2.31. The molecule has 1 rings (SSSR count). The van der Waals surface area contributed by atoms with E-state index in [1.54, 1.807) is 21.3 Å². The Kier molecular flexibility index (Phi) is 5.77. The summed E-state index contributed by atoms with van der Waals surface area (Å²) < 4.78 is 16.2. The first-order valence-electron chi connectivity index (χ1n) is 5.65. The van der Waals surface area contributed by atoms with Crippen LogP contribution in [0.25, 0.3) is 0 Å². The molecule has 90 valence electrons. The molecule has 1 fully saturated rings. The van der Waals surface area contributed by atoms with E-state index < -0.39 is 8.80 Å². The summed E-state index contributed by atoms with van der Waals surface area (Å²) in [7, 11) is 2.68. The molecule has 0 bridgehead atoms. The van der Waals surface area contributed by atoms with Gasteiger partial charge in [-0.15, -0.1) is 0 Å². The molecule has 15 heavy (non-hydrogen) atoms. The predicted octanol–water partition coefficient (Wildman–Crippen LogP) is 1.40. The maximum Gasteiger partial charge on any atom is 0.500 e. The fraction of sp³-hybridized carbons (Fsp3) is 1.00. The minimum absolute atomic E-state index is 0.617. The molecule has 0 spiro atoms. The predicted molar refractivity (Wildman–Crippen MR) is 61.8 cm³/mol. The molecule has 0 saturated carbocycles. The summed E-state index contributed by atoms with van der Waals surface area (Å²) in [4.78, 5) is 0. The Morgan fingerprint density at radius 2 is 1.80 bits per heavy atom. The monoisotopic (exact) mass is 233 g/mol. The summed E-state index contributed by atoms with van der Waals surface area (Å²) in [6, 6.07) is 1.51. The molecule has 0 aliphatic carbocycles. The Bertz CT molecular complexity index is 162. The molecule has 1 atom stereocenters. The molecular formula is C10H23NO3Si. The van der Waals surface area contributed by atoms with Crippen LogP contribution in [0, 0.1) is 0 Å². The van der Waals surface area contributed by atoms with Gasteiger partial charge in [0.25, 0.3) is 0 Å². The van der Waals surface area contributed by atoms with Crippen LogP contribution in [0.1, 0.15) is 25.7 Å². The van der Waals surface area contributed by atoms with Crippen molar-refractivity contribution in [2.45, 2.75) is 37.8 Å². The van der Waals surface area contributed by atoms with E-state index in [4.69, 9.17) is 13.3 Å². The van der Waals surface area contributed by atoms with Gasteiger partial charge in [0.2, 0.25) is 0 Å². The molecule has 1 saturated heterocycles. The number of hydrogen-bond donors (Lipinski definition) is 1. The summed E-state index contributed by atoms with van der Waals surface area (Å²) in [5.41, 5.74) is 0. The largest absolute Gasteiger partial charge is 0.500 e. The first-order valence-corrected chi connectivity index (χ1v) is 7.58. The van der Waals surface area contributed by atoms with E-state index in [-0.39, 0.29) is 0 Å². The van der Waals surface area contributed by atoms with Gasteiger partial charge in [-0.3, -0.25) is 0 Å². The van der Waals surface area contributed by atoms with Crippen molar-refractivity contribution in [3.05, 3.63) is 0 Å². The highest BCUT2D eigenvalue weighted by Gasteiger charge is 2.37. The molecule has 5 heteroatoms. The smallest absolute Gasteiger partial charge is 0.377 e. The molecule has 0 amide bonds. The van der Waals surface area contributed by atoms with Gasteiger partial charge < -0.3 is 18.6 Å². The summed E-state index contributed by atoms with van der Waals surface area (Å²) in [5.74, 6) is 0. The molecule has 1 aliphatic heterocycles. The zero-order chi connectivity index (χ0) is 11.1. The molecule has 1 heterocycles. The van der Waals surface area contributed by atoms with Crippen LogP contribution in [0.5, 0.6) is 0 Å². The third-order valence-electron chi connectivity index (χ3n) is 3.14. The minimum atomic E-state index is -2.34. The van der Waals surface area contributed by atoms with Gasteiger partial charge in [-0.25, -0.2) is 0 Å². The molecule has 0 radical (unpaired) electrons. The quantitative estimate of drug-likeness (QED) is 0.704. The van der Waals surface area contributed by atoms with Crippen molar-refractivity contribution in [3.63, 3.8) is 0 Å². The van der Waals surface area contributed by atoms with Crippen molar-refractivity contribution >= 4 is 8.80 Å². The lowest BCUT2D eigenvalue weighted by molar-refractivity contribution is 0.121.